The van der Waals surface area contributed by atoms with Gasteiger partial charge in [0.15, 0.2) is 0 Å². The first kappa shape index (κ1) is 16.7. The van der Waals surface area contributed by atoms with Gasteiger partial charge in [0.1, 0.15) is 0 Å². The van der Waals surface area contributed by atoms with Crippen molar-refractivity contribution < 1.29 is 4.79 Å². The summed E-state index contributed by atoms with van der Waals surface area (Å²) in [6, 6.07) is 7.95. The summed E-state index contributed by atoms with van der Waals surface area (Å²) >= 11 is 0. The molecule has 1 unspecified atom stereocenters. The highest BCUT2D eigenvalue weighted by Gasteiger charge is 2.24. The minimum atomic E-state index is 0.00379. The van der Waals surface area contributed by atoms with Crippen molar-refractivity contribution in [3.8, 4) is 0 Å². The number of benzene rings is 1. The van der Waals surface area contributed by atoms with Crippen LogP contribution in [0.4, 0.5) is 5.69 Å². The Balaban J connectivity index is 2.54. The standard InChI is InChI=1S/C16H27N3O/c1-12(16(2,3)4)19(5)11-15(20)18-14-8-6-13(10-17)7-9-14/h6-9,12H,10-11,17H2,1-5H3,(H,18,20). The van der Waals surface area contributed by atoms with Crippen LogP contribution in [0.1, 0.15) is 33.3 Å². The van der Waals surface area contributed by atoms with Crippen LogP contribution in [0.25, 0.3) is 0 Å². The molecule has 0 aromatic heterocycles. The number of rotatable bonds is 5. The number of anilines is 1. The summed E-state index contributed by atoms with van der Waals surface area (Å²) in [6.07, 6.45) is 0. The Morgan fingerprint density at radius 2 is 1.85 bits per heavy atom. The van der Waals surface area contributed by atoms with E-state index in [1.807, 2.05) is 31.3 Å². The molecule has 1 atom stereocenters. The Bertz CT molecular complexity index is 434. The van der Waals surface area contributed by atoms with E-state index in [4.69, 9.17) is 5.73 Å². The summed E-state index contributed by atoms with van der Waals surface area (Å²) in [4.78, 5) is 14.1. The number of likely N-dealkylation sites (N-methyl/N-ethyl adjacent to an activating group) is 1. The first-order valence-electron chi connectivity index (χ1n) is 7.03. The lowest BCUT2D eigenvalue weighted by molar-refractivity contribution is -0.117. The quantitative estimate of drug-likeness (QED) is 0.869. The number of nitrogens with zero attached hydrogens (tertiary/aromatic N) is 1. The van der Waals surface area contributed by atoms with Gasteiger partial charge in [-0.15, -0.1) is 0 Å². The number of hydrogen-bond acceptors (Lipinski definition) is 3. The Morgan fingerprint density at radius 1 is 1.30 bits per heavy atom. The maximum Gasteiger partial charge on any atom is 0.238 e. The fraction of sp³-hybridized carbons (Fsp3) is 0.562. The van der Waals surface area contributed by atoms with Crippen LogP contribution in [0.2, 0.25) is 0 Å². The molecular formula is C16H27N3O. The summed E-state index contributed by atoms with van der Waals surface area (Å²) < 4.78 is 0. The molecule has 0 aliphatic carbocycles. The van der Waals surface area contributed by atoms with Gasteiger partial charge in [0.25, 0.3) is 0 Å². The normalized spacial score (nSPS) is 13.3. The molecule has 1 aromatic rings. The number of carbonyl (C=O) groups is 1. The fourth-order valence-electron chi connectivity index (χ4n) is 1.95. The zero-order valence-electron chi connectivity index (χ0n) is 13.2. The van der Waals surface area contributed by atoms with Crippen molar-refractivity contribution in [2.24, 2.45) is 11.1 Å². The second-order valence-electron chi connectivity index (χ2n) is 6.41. The smallest absolute Gasteiger partial charge is 0.238 e. The molecule has 0 aliphatic rings. The van der Waals surface area contributed by atoms with Gasteiger partial charge in [0.05, 0.1) is 6.54 Å². The minimum Gasteiger partial charge on any atom is -0.326 e. The van der Waals surface area contributed by atoms with Gasteiger partial charge < -0.3 is 11.1 Å². The topological polar surface area (TPSA) is 58.4 Å². The first-order chi connectivity index (χ1) is 9.24. The van der Waals surface area contributed by atoms with Crippen molar-refractivity contribution in [2.75, 3.05) is 18.9 Å². The van der Waals surface area contributed by atoms with Gasteiger partial charge in [-0.2, -0.15) is 0 Å². The van der Waals surface area contributed by atoms with Crippen molar-refractivity contribution in [1.29, 1.82) is 0 Å². The van der Waals surface area contributed by atoms with Crippen molar-refractivity contribution in [2.45, 2.75) is 40.3 Å². The van der Waals surface area contributed by atoms with Gasteiger partial charge in [0.2, 0.25) is 5.91 Å². The monoisotopic (exact) mass is 277 g/mol. The van der Waals surface area contributed by atoms with E-state index in [9.17, 15) is 4.79 Å². The molecular weight excluding hydrogens is 250 g/mol. The Morgan fingerprint density at radius 3 is 2.30 bits per heavy atom. The lowest BCUT2D eigenvalue weighted by Gasteiger charge is -2.34. The second-order valence-corrected chi connectivity index (χ2v) is 6.41. The molecule has 0 saturated carbocycles. The Labute approximate surface area is 122 Å². The lowest BCUT2D eigenvalue weighted by atomic mass is 9.87. The summed E-state index contributed by atoms with van der Waals surface area (Å²) in [5.74, 6) is 0.00379. The van der Waals surface area contributed by atoms with E-state index < -0.39 is 0 Å². The Hall–Kier alpha value is -1.39. The van der Waals surface area contributed by atoms with Crippen LogP contribution in [0.15, 0.2) is 24.3 Å². The molecule has 112 valence electrons. The maximum absolute atomic E-state index is 12.0. The van der Waals surface area contributed by atoms with E-state index in [0.29, 0.717) is 19.1 Å². The summed E-state index contributed by atoms with van der Waals surface area (Å²) in [6.45, 7) is 9.58. The first-order valence-corrected chi connectivity index (χ1v) is 7.03. The van der Waals surface area contributed by atoms with Gasteiger partial charge in [-0.05, 0) is 37.1 Å². The van der Waals surface area contributed by atoms with Crippen LogP contribution in [0.3, 0.4) is 0 Å². The van der Waals surface area contributed by atoms with Crippen molar-refractivity contribution in [1.82, 2.24) is 4.90 Å². The molecule has 1 rings (SSSR count). The third kappa shape index (κ3) is 4.94. The van der Waals surface area contributed by atoms with E-state index >= 15 is 0 Å². The van der Waals surface area contributed by atoms with Crippen LogP contribution in [-0.4, -0.2) is 30.4 Å². The van der Waals surface area contributed by atoms with Crippen molar-refractivity contribution in [3.63, 3.8) is 0 Å². The number of nitrogens with one attached hydrogen (secondary N) is 1. The van der Waals surface area contributed by atoms with Gasteiger partial charge in [-0.3, -0.25) is 9.69 Å². The van der Waals surface area contributed by atoms with Crippen molar-refractivity contribution in [3.05, 3.63) is 29.8 Å². The molecule has 0 spiro atoms. The van der Waals surface area contributed by atoms with Gasteiger partial charge in [-0.1, -0.05) is 32.9 Å². The van der Waals surface area contributed by atoms with Crippen LogP contribution in [-0.2, 0) is 11.3 Å². The second kappa shape index (κ2) is 6.86. The zero-order valence-corrected chi connectivity index (χ0v) is 13.2. The van der Waals surface area contributed by atoms with Gasteiger partial charge in [-0.25, -0.2) is 0 Å². The largest absolute Gasteiger partial charge is 0.326 e. The van der Waals surface area contributed by atoms with Crippen LogP contribution in [0, 0.1) is 5.41 Å². The molecule has 0 saturated heterocycles. The van der Waals surface area contributed by atoms with Crippen LogP contribution in [0.5, 0.6) is 0 Å². The molecule has 4 nitrogen and oxygen atoms in total. The SMILES string of the molecule is CC(N(C)CC(=O)Nc1ccc(CN)cc1)C(C)(C)C. The van der Waals surface area contributed by atoms with Gasteiger partial charge >= 0.3 is 0 Å². The minimum absolute atomic E-state index is 0.00379. The third-order valence-corrected chi connectivity index (χ3v) is 3.78. The van der Waals surface area contributed by atoms with E-state index in [0.717, 1.165) is 11.3 Å². The predicted octanol–water partition coefficient (Wildman–Crippen LogP) is 2.45. The highest BCUT2D eigenvalue weighted by atomic mass is 16.2. The number of hydrogen-bond donors (Lipinski definition) is 2. The molecule has 0 bridgehead atoms. The average molecular weight is 277 g/mol. The van der Waals surface area contributed by atoms with Crippen LogP contribution < -0.4 is 11.1 Å². The molecule has 0 heterocycles. The maximum atomic E-state index is 12.0. The highest BCUT2D eigenvalue weighted by Crippen LogP contribution is 2.22. The molecule has 0 radical (unpaired) electrons. The Kier molecular flexibility index (Phi) is 5.72. The highest BCUT2D eigenvalue weighted by molar-refractivity contribution is 5.92. The lowest BCUT2D eigenvalue weighted by Crippen LogP contribution is -2.43. The molecule has 0 aliphatic heterocycles. The molecule has 4 heteroatoms. The summed E-state index contributed by atoms with van der Waals surface area (Å²) in [5, 5.41) is 2.91. The van der Waals surface area contributed by atoms with E-state index in [1.54, 1.807) is 0 Å². The number of amides is 1. The molecule has 0 fully saturated rings. The fourth-order valence-corrected chi connectivity index (χ4v) is 1.95. The molecule has 3 N–H and O–H groups in total. The predicted molar refractivity (Wildman–Crippen MR) is 84.5 cm³/mol. The average Bonchev–Trinajstić information content (AvgIpc) is 2.37. The molecule has 1 amide bonds. The summed E-state index contributed by atoms with van der Waals surface area (Å²) in [5.41, 5.74) is 7.56. The number of carbonyl (C=O) groups excluding carboxylic acids is 1. The van der Waals surface area contributed by atoms with Crippen LogP contribution >= 0.6 is 0 Å². The van der Waals surface area contributed by atoms with E-state index in [-0.39, 0.29) is 11.3 Å². The number of nitrogens with two attached hydrogens (primary N) is 1. The zero-order chi connectivity index (χ0) is 15.3. The van der Waals surface area contributed by atoms with Crippen molar-refractivity contribution >= 4 is 11.6 Å². The van der Waals surface area contributed by atoms with Gasteiger partial charge in [0, 0.05) is 18.3 Å². The van der Waals surface area contributed by atoms with E-state index in [2.05, 4.69) is 37.9 Å². The third-order valence-electron chi connectivity index (χ3n) is 3.78. The molecule has 1 aromatic carbocycles. The summed E-state index contributed by atoms with van der Waals surface area (Å²) in [7, 11) is 1.98. The molecule has 20 heavy (non-hydrogen) atoms. The van der Waals surface area contributed by atoms with E-state index in [1.165, 1.54) is 0 Å².